The molecule has 10 rings (SSSR count). The average Bonchev–Trinajstić information content (AvgIpc) is 3.43. The van der Waals surface area contributed by atoms with E-state index < -0.39 is 15.4 Å². The molecule has 13 heteroatoms. The van der Waals surface area contributed by atoms with E-state index in [1.807, 2.05) is 97.1 Å². The van der Waals surface area contributed by atoms with E-state index in [0.717, 1.165) is 133 Å². The second kappa shape index (κ2) is 23.9. The molecule has 372 valence electrons. The molecule has 1 heterocycles. The van der Waals surface area contributed by atoms with Crippen molar-refractivity contribution in [2.75, 3.05) is 49.7 Å². The maximum Gasteiger partial charge on any atom is 1.00 e. The number of ether oxygens (including phenoxy) is 4. The SMILES string of the molecule is COc1ccc(N(c2ccc(OC)cc2)c2ccc(-c3ccc4c(c3)Sc3cc(-c5ccc(N(c6ccc(OC)cc6)c6ccc(OC)cc6)cc5)ccc3N4CCC(C3CCCCC3)S(=O)(=O)[O-])cc2)cc1.[K+]. The Bertz CT molecular complexity index is 2980. The summed E-state index contributed by atoms with van der Waals surface area (Å²) in [6, 6.07) is 62.2. The van der Waals surface area contributed by atoms with Gasteiger partial charge in [-0.2, -0.15) is 0 Å². The van der Waals surface area contributed by atoms with Gasteiger partial charge in [-0.25, -0.2) is 8.42 Å². The van der Waals surface area contributed by atoms with E-state index in [1.165, 1.54) is 0 Å². The van der Waals surface area contributed by atoms with E-state index in [0.29, 0.717) is 6.54 Å². The van der Waals surface area contributed by atoms with Crippen LogP contribution in [0.5, 0.6) is 23.0 Å². The van der Waals surface area contributed by atoms with E-state index in [-0.39, 0.29) is 63.7 Å². The van der Waals surface area contributed by atoms with Crippen LogP contribution in [0.2, 0.25) is 0 Å². The van der Waals surface area contributed by atoms with E-state index in [4.69, 9.17) is 18.9 Å². The summed E-state index contributed by atoms with van der Waals surface area (Å²) < 4.78 is 60.7. The average molecular weight is 1050 g/mol. The number of nitrogens with zero attached hydrogens (tertiary/aromatic N) is 3. The molecule has 8 aromatic carbocycles. The van der Waals surface area contributed by atoms with Gasteiger partial charge in [0, 0.05) is 50.5 Å². The van der Waals surface area contributed by atoms with Crippen LogP contribution in [0.25, 0.3) is 22.3 Å². The summed E-state index contributed by atoms with van der Waals surface area (Å²) in [4.78, 5) is 8.73. The van der Waals surface area contributed by atoms with Crippen molar-refractivity contribution in [2.45, 2.75) is 53.6 Å². The molecular weight excluding hydrogens is 990 g/mol. The maximum atomic E-state index is 13.0. The minimum atomic E-state index is -4.52. The predicted octanol–water partition coefficient (Wildman–Crippen LogP) is 12.5. The summed E-state index contributed by atoms with van der Waals surface area (Å²) in [5.41, 5.74) is 12.1. The van der Waals surface area contributed by atoms with Gasteiger partial charge in [-0.05, 0) is 193 Å². The molecule has 1 aliphatic heterocycles. The Labute approximate surface area is 482 Å². The molecule has 0 bridgehead atoms. The van der Waals surface area contributed by atoms with E-state index >= 15 is 0 Å². The minimum Gasteiger partial charge on any atom is -0.748 e. The van der Waals surface area contributed by atoms with Crippen LogP contribution < -0.4 is 85.0 Å². The van der Waals surface area contributed by atoms with Crippen molar-refractivity contribution in [3.63, 3.8) is 0 Å². The van der Waals surface area contributed by atoms with Crippen molar-refractivity contribution in [3.8, 4) is 45.3 Å². The molecule has 1 atom stereocenters. The fourth-order valence-corrected chi connectivity index (χ4v) is 12.6. The number of hydrogen-bond acceptors (Lipinski definition) is 11. The smallest absolute Gasteiger partial charge is 0.748 e. The van der Waals surface area contributed by atoms with Gasteiger partial charge in [0.2, 0.25) is 0 Å². The van der Waals surface area contributed by atoms with E-state index in [2.05, 4.69) is 99.6 Å². The Balaban J connectivity index is 0.00000672. The second-order valence-electron chi connectivity index (χ2n) is 18.4. The summed E-state index contributed by atoms with van der Waals surface area (Å²) in [5, 5.41) is -0.935. The van der Waals surface area contributed by atoms with Gasteiger partial charge in [-0.3, -0.25) is 0 Å². The molecule has 0 N–H and O–H groups in total. The molecule has 0 radical (unpaired) electrons. The zero-order valence-corrected chi connectivity index (χ0v) is 47.2. The molecule has 0 amide bonds. The first-order valence-electron chi connectivity index (χ1n) is 24.7. The fourth-order valence-electron chi connectivity index (χ4n) is 10.3. The normalized spacial score (nSPS) is 13.7. The van der Waals surface area contributed by atoms with Crippen molar-refractivity contribution in [1.29, 1.82) is 0 Å². The Morgan fingerprint density at radius 3 is 1.11 bits per heavy atom. The first-order chi connectivity index (χ1) is 35.6. The molecule has 0 saturated heterocycles. The van der Waals surface area contributed by atoms with Gasteiger partial charge in [0.25, 0.3) is 0 Å². The summed E-state index contributed by atoms with van der Waals surface area (Å²) >= 11 is 1.71. The van der Waals surface area contributed by atoms with Crippen LogP contribution in [-0.2, 0) is 10.1 Å². The minimum absolute atomic E-state index is 0. The van der Waals surface area contributed by atoms with Crippen molar-refractivity contribution in [3.05, 3.63) is 182 Å². The second-order valence-corrected chi connectivity index (χ2v) is 21.1. The number of benzene rings is 8. The third-order valence-corrected chi connectivity index (χ3v) is 16.6. The molecular formula is C61H58KN3O7S2. The summed E-state index contributed by atoms with van der Waals surface area (Å²) in [5.74, 6) is 3.00. The van der Waals surface area contributed by atoms with Crippen LogP contribution in [0.3, 0.4) is 0 Å². The fraction of sp³-hybridized carbons (Fsp3) is 0.213. The van der Waals surface area contributed by atoms with Gasteiger partial charge in [0.15, 0.2) is 0 Å². The van der Waals surface area contributed by atoms with Gasteiger partial charge < -0.3 is 38.2 Å². The van der Waals surface area contributed by atoms with Crippen LogP contribution in [-0.4, -0.2) is 53.2 Å². The Kier molecular flexibility index (Phi) is 17.1. The molecule has 0 aromatic heterocycles. The molecule has 1 aliphatic carbocycles. The van der Waals surface area contributed by atoms with Crippen LogP contribution >= 0.6 is 11.8 Å². The maximum absolute atomic E-state index is 13.0. The number of fused-ring (bicyclic) bond motifs is 2. The number of hydrogen-bond donors (Lipinski definition) is 0. The molecule has 1 unspecified atom stereocenters. The van der Waals surface area contributed by atoms with Crippen LogP contribution in [0, 0.1) is 5.92 Å². The van der Waals surface area contributed by atoms with E-state index in [1.54, 1.807) is 40.2 Å². The Hall–Kier alpha value is -5.74. The third-order valence-electron chi connectivity index (χ3n) is 14.1. The van der Waals surface area contributed by atoms with Gasteiger partial charge >= 0.3 is 51.4 Å². The third kappa shape index (κ3) is 11.7. The Morgan fingerprint density at radius 2 is 0.797 bits per heavy atom. The first kappa shape index (κ1) is 53.1. The van der Waals surface area contributed by atoms with Crippen LogP contribution in [0.15, 0.2) is 192 Å². The Morgan fingerprint density at radius 1 is 0.486 bits per heavy atom. The molecule has 0 spiro atoms. The zero-order chi connectivity index (χ0) is 50.5. The summed E-state index contributed by atoms with van der Waals surface area (Å²) in [7, 11) is 2.15. The van der Waals surface area contributed by atoms with Gasteiger partial charge in [0.1, 0.15) is 23.0 Å². The van der Waals surface area contributed by atoms with Crippen LogP contribution in [0.4, 0.5) is 45.5 Å². The summed E-state index contributed by atoms with van der Waals surface area (Å²) in [6.45, 7) is 0.393. The van der Waals surface area contributed by atoms with Gasteiger partial charge in [0.05, 0.1) is 55.2 Å². The molecule has 1 fully saturated rings. The van der Waals surface area contributed by atoms with Crippen LogP contribution in [0.1, 0.15) is 38.5 Å². The number of methoxy groups -OCH3 is 4. The van der Waals surface area contributed by atoms with Crippen molar-refractivity contribution >= 4 is 67.4 Å². The quantitative estimate of drug-likeness (QED) is 0.0643. The number of anilines is 8. The zero-order valence-electron chi connectivity index (χ0n) is 42.4. The van der Waals surface area contributed by atoms with Crippen molar-refractivity contribution in [1.82, 2.24) is 0 Å². The van der Waals surface area contributed by atoms with Gasteiger partial charge in [-0.15, -0.1) is 0 Å². The molecule has 1 saturated carbocycles. The molecule has 10 nitrogen and oxygen atoms in total. The first-order valence-corrected chi connectivity index (χ1v) is 26.9. The molecule has 2 aliphatic rings. The number of rotatable bonds is 17. The van der Waals surface area contributed by atoms with Crippen molar-refractivity contribution in [2.24, 2.45) is 5.92 Å². The molecule has 74 heavy (non-hydrogen) atoms. The largest absolute Gasteiger partial charge is 1.00 e. The van der Waals surface area contributed by atoms with Gasteiger partial charge in [-0.1, -0.05) is 67.4 Å². The van der Waals surface area contributed by atoms with Crippen molar-refractivity contribution < 1.29 is 83.3 Å². The molecule has 8 aromatic rings. The summed E-state index contributed by atoms with van der Waals surface area (Å²) in [6.07, 6.45) is 4.79. The monoisotopic (exact) mass is 1050 g/mol. The van der Waals surface area contributed by atoms with E-state index in [9.17, 15) is 13.0 Å². The standard InChI is InChI=1S/C61H59N3O7S2.K/c1-68-53-28-20-49(21-29-53)63(50-22-30-54(69-2)31-23-50)47-16-10-42(11-17-47)45-14-36-57-59(40-45)72-60-41-46(15-37-58(60)62(57)39-38-61(73(65,66)67)44-8-6-5-7-9-44)43-12-18-48(19-13-43)64(51-24-32-55(70-3)33-25-51)52-26-34-56(71-4)35-27-52;/h10-37,40-41,44,61H,5-9,38-39H2,1-4H3,(H,65,66,67);/q;+1/p-1. The topological polar surface area (TPSA) is 104 Å². The predicted molar refractivity (Wildman–Crippen MR) is 295 cm³/mol.